The van der Waals surface area contributed by atoms with E-state index in [1.807, 2.05) is 30.3 Å². The molecule has 0 fully saturated rings. The molecule has 0 radical (unpaired) electrons. The van der Waals surface area contributed by atoms with Crippen molar-refractivity contribution in [3.8, 4) is 11.5 Å². The van der Waals surface area contributed by atoms with E-state index in [1.54, 1.807) is 18.2 Å². The van der Waals surface area contributed by atoms with Gasteiger partial charge in [-0.1, -0.05) is 31.2 Å². The van der Waals surface area contributed by atoms with Gasteiger partial charge in [0.2, 0.25) is 0 Å². The number of phenolic OH excluding ortho intramolecular Hbond substituents is 1. The van der Waals surface area contributed by atoms with Crippen molar-refractivity contribution < 1.29 is 19.7 Å². The molecule has 6 nitrogen and oxygen atoms in total. The zero-order chi connectivity index (χ0) is 20.5. The lowest BCUT2D eigenvalue weighted by molar-refractivity contribution is 0.0696. The number of carbonyl (C=O) groups is 1. The molecule has 0 spiro atoms. The number of carboxylic acid groups (broad SMARTS) is 1. The van der Waals surface area contributed by atoms with Crippen LogP contribution in [0.25, 0.3) is 22.6 Å². The number of rotatable bonds is 4. The Bertz CT molecular complexity index is 1140. The van der Waals surface area contributed by atoms with Crippen molar-refractivity contribution in [2.45, 2.75) is 13.5 Å². The second kappa shape index (κ2) is 7.56. The lowest BCUT2D eigenvalue weighted by atomic mass is 9.92. The molecule has 1 aromatic heterocycles. The molecule has 0 saturated heterocycles. The Morgan fingerprint density at radius 1 is 1.24 bits per heavy atom. The van der Waals surface area contributed by atoms with Crippen molar-refractivity contribution in [1.29, 1.82) is 0 Å². The number of carboxylic acids is 1. The number of fused-ring (bicyclic) bond motifs is 2. The summed E-state index contributed by atoms with van der Waals surface area (Å²) in [6.07, 6.45) is 1.98. The smallest absolute Gasteiger partial charge is 0.336 e. The van der Waals surface area contributed by atoms with Crippen LogP contribution in [-0.4, -0.2) is 46.3 Å². The lowest BCUT2D eigenvalue weighted by Crippen LogP contribution is -2.31. The number of para-hydroxylation sites is 1. The zero-order valence-electron chi connectivity index (χ0n) is 16.3. The monoisotopic (exact) mass is 390 g/mol. The van der Waals surface area contributed by atoms with E-state index >= 15 is 0 Å². The van der Waals surface area contributed by atoms with Gasteiger partial charge in [0.15, 0.2) is 11.5 Å². The van der Waals surface area contributed by atoms with E-state index in [-0.39, 0.29) is 5.75 Å². The summed E-state index contributed by atoms with van der Waals surface area (Å²) < 4.78 is 5.21. The number of hydrogen-bond acceptors (Lipinski definition) is 5. The quantitative estimate of drug-likeness (QED) is 0.700. The highest BCUT2D eigenvalue weighted by Crippen LogP contribution is 2.35. The standard InChI is InChI=1S/C23H22N2O4/c1-3-25-12-15(10-14-8-9-19(26)20(11-14)29-2)22-17(13-25)21(23(27)28)16-6-4-5-7-18(16)24-22/h4-11,26H,3,12-13H2,1-2H3,(H,27,28)/b15-10+. The molecule has 4 rings (SSSR count). The molecule has 148 valence electrons. The van der Waals surface area contributed by atoms with Crippen LogP contribution in [0.3, 0.4) is 0 Å². The van der Waals surface area contributed by atoms with E-state index in [0.29, 0.717) is 35.3 Å². The van der Waals surface area contributed by atoms with Gasteiger partial charge in [0, 0.05) is 24.0 Å². The molecule has 3 aromatic rings. The minimum Gasteiger partial charge on any atom is -0.504 e. The van der Waals surface area contributed by atoms with E-state index in [4.69, 9.17) is 9.72 Å². The zero-order valence-corrected chi connectivity index (χ0v) is 16.3. The molecule has 1 aliphatic heterocycles. The number of methoxy groups -OCH3 is 1. The van der Waals surface area contributed by atoms with E-state index in [0.717, 1.165) is 28.9 Å². The molecule has 0 aliphatic carbocycles. The van der Waals surface area contributed by atoms with Crippen LogP contribution in [0, 0.1) is 0 Å². The Kier molecular flexibility index (Phi) is 4.94. The van der Waals surface area contributed by atoms with Crippen LogP contribution in [0.5, 0.6) is 11.5 Å². The first kappa shape index (κ1) is 19.0. The Balaban J connectivity index is 1.96. The third-order valence-corrected chi connectivity index (χ3v) is 5.28. The number of hydrogen-bond donors (Lipinski definition) is 2. The Hall–Kier alpha value is -3.38. The SMILES string of the molecule is CCN1C/C(=C\c2ccc(O)c(OC)c2)c2nc3ccccc3c(C(=O)O)c2C1. The van der Waals surface area contributed by atoms with Gasteiger partial charge in [0.05, 0.1) is 23.9 Å². The fourth-order valence-corrected chi connectivity index (χ4v) is 3.83. The molecular weight excluding hydrogens is 368 g/mol. The maximum Gasteiger partial charge on any atom is 0.336 e. The second-order valence-electron chi connectivity index (χ2n) is 7.04. The number of benzene rings is 2. The van der Waals surface area contributed by atoms with Gasteiger partial charge in [-0.15, -0.1) is 0 Å². The highest BCUT2D eigenvalue weighted by molar-refractivity contribution is 6.06. The van der Waals surface area contributed by atoms with Gasteiger partial charge in [-0.3, -0.25) is 4.90 Å². The number of aromatic carboxylic acids is 1. The van der Waals surface area contributed by atoms with E-state index in [9.17, 15) is 15.0 Å². The summed E-state index contributed by atoms with van der Waals surface area (Å²) in [7, 11) is 1.51. The fraction of sp³-hybridized carbons (Fsp3) is 0.217. The van der Waals surface area contributed by atoms with Gasteiger partial charge in [0.1, 0.15) is 0 Å². The van der Waals surface area contributed by atoms with Crippen LogP contribution in [0.15, 0.2) is 42.5 Å². The fourth-order valence-electron chi connectivity index (χ4n) is 3.83. The van der Waals surface area contributed by atoms with Gasteiger partial charge in [-0.05, 0) is 42.0 Å². The molecule has 1 aliphatic rings. The van der Waals surface area contributed by atoms with Gasteiger partial charge < -0.3 is 14.9 Å². The maximum absolute atomic E-state index is 12.2. The number of aromatic nitrogens is 1. The highest BCUT2D eigenvalue weighted by Gasteiger charge is 2.27. The van der Waals surface area contributed by atoms with Crippen LogP contribution in [0.4, 0.5) is 0 Å². The first-order valence-electron chi connectivity index (χ1n) is 9.47. The lowest BCUT2D eigenvalue weighted by Gasteiger charge is -2.30. The summed E-state index contributed by atoms with van der Waals surface area (Å²) >= 11 is 0. The molecule has 2 aromatic carbocycles. The van der Waals surface area contributed by atoms with Crippen molar-refractivity contribution in [1.82, 2.24) is 9.88 Å². The van der Waals surface area contributed by atoms with E-state index in [1.165, 1.54) is 7.11 Å². The molecule has 0 unspecified atom stereocenters. The van der Waals surface area contributed by atoms with Gasteiger partial charge in [-0.25, -0.2) is 9.78 Å². The van der Waals surface area contributed by atoms with Crippen molar-refractivity contribution >= 4 is 28.5 Å². The number of phenols is 1. The number of ether oxygens (including phenoxy) is 1. The Morgan fingerprint density at radius 3 is 2.76 bits per heavy atom. The summed E-state index contributed by atoms with van der Waals surface area (Å²) in [5, 5.41) is 20.5. The molecule has 0 bridgehead atoms. The third-order valence-electron chi connectivity index (χ3n) is 5.28. The summed E-state index contributed by atoms with van der Waals surface area (Å²) in [6.45, 7) is 4.06. The minimum atomic E-state index is -0.941. The average molecular weight is 390 g/mol. The molecule has 6 heteroatoms. The molecule has 0 saturated carbocycles. The van der Waals surface area contributed by atoms with Crippen LogP contribution in [0.1, 0.15) is 34.1 Å². The molecule has 29 heavy (non-hydrogen) atoms. The van der Waals surface area contributed by atoms with Crippen LogP contribution >= 0.6 is 0 Å². The summed E-state index contributed by atoms with van der Waals surface area (Å²) in [6, 6.07) is 12.5. The van der Waals surface area contributed by atoms with Gasteiger partial charge in [0.25, 0.3) is 0 Å². The Morgan fingerprint density at radius 2 is 2.03 bits per heavy atom. The van der Waals surface area contributed by atoms with Crippen LogP contribution in [-0.2, 0) is 6.54 Å². The normalized spacial score (nSPS) is 15.4. The number of pyridine rings is 1. The van der Waals surface area contributed by atoms with Gasteiger partial charge >= 0.3 is 5.97 Å². The first-order valence-corrected chi connectivity index (χ1v) is 9.47. The highest BCUT2D eigenvalue weighted by atomic mass is 16.5. The summed E-state index contributed by atoms with van der Waals surface area (Å²) in [5.41, 5.74) is 4.24. The van der Waals surface area contributed by atoms with Crippen molar-refractivity contribution in [2.75, 3.05) is 20.2 Å². The van der Waals surface area contributed by atoms with Crippen LogP contribution in [0.2, 0.25) is 0 Å². The molecular formula is C23H22N2O4. The summed E-state index contributed by atoms with van der Waals surface area (Å²) in [5.74, 6) is -0.477. The van der Waals surface area contributed by atoms with Crippen LogP contribution < -0.4 is 4.74 Å². The number of aromatic hydroxyl groups is 1. The van der Waals surface area contributed by atoms with Gasteiger partial charge in [-0.2, -0.15) is 0 Å². The second-order valence-corrected chi connectivity index (χ2v) is 7.04. The number of likely N-dealkylation sites (N-methyl/N-ethyl adjacent to an activating group) is 1. The largest absolute Gasteiger partial charge is 0.504 e. The Labute approximate surface area is 168 Å². The topological polar surface area (TPSA) is 82.9 Å². The maximum atomic E-state index is 12.2. The molecule has 2 heterocycles. The molecule has 0 atom stereocenters. The number of nitrogens with zero attached hydrogens (tertiary/aromatic N) is 2. The predicted octanol–water partition coefficient (Wildman–Crippen LogP) is 4.02. The van der Waals surface area contributed by atoms with Crippen molar-refractivity contribution in [3.63, 3.8) is 0 Å². The van der Waals surface area contributed by atoms with Crippen molar-refractivity contribution in [2.24, 2.45) is 0 Å². The molecule has 2 N–H and O–H groups in total. The minimum absolute atomic E-state index is 0.0751. The summed E-state index contributed by atoms with van der Waals surface area (Å²) in [4.78, 5) is 19.2. The first-order chi connectivity index (χ1) is 14.0. The average Bonchev–Trinajstić information content (AvgIpc) is 2.73. The molecule has 0 amide bonds. The van der Waals surface area contributed by atoms with Crippen molar-refractivity contribution in [3.05, 3.63) is 64.8 Å². The predicted molar refractivity (Wildman–Crippen MR) is 112 cm³/mol. The van der Waals surface area contributed by atoms with E-state index < -0.39 is 5.97 Å². The third kappa shape index (κ3) is 3.43. The van der Waals surface area contributed by atoms with E-state index in [2.05, 4.69) is 11.8 Å².